The van der Waals surface area contributed by atoms with Gasteiger partial charge in [-0.05, 0) is 38.5 Å². The average molecular weight is 352 g/mol. The van der Waals surface area contributed by atoms with Crippen molar-refractivity contribution in [1.29, 1.82) is 0 Å². The molecule has 1 N–H and O–H groups in total. The van der Waals surface area contributed by atoms with Crippen LogP contribution in [0.1, 0.15) is 32.2 Å². The lowest BCUT2D eigenvalue weighted by Crippen LogP contribution is -2.26. The maximum atomic E-state index is 12.6. The van der Waals surface area contributed by atoms with E-state index in [-0.39, 0.29) is 5.91 Å². The molecule has 0 bridgehead atoms. The molecule has 0 unspecified atom stereocenters. The summed E-state index contributed by atoms with van der Waals surface area (Å²) in [5.41, 5.74) is 6.21. The fourth-order valence-electron chi connectivity index (χ4n) is 2.54. The Labute approximate surface area is 151 Å². The van der Waals surface area contributed by atoms with E-state index in [0.29, 0.717) is 17.9 Å². The van der Waals surface area contributed by atoms with E-state index in [2.05, 4.69) is 20.3 Å². The van der Waals surface area contributed by atoms with Crippen molar-refractivity contribution in [3.8, 4) is 11.4 Å². The minimum atomic E-state index is -0.0748. The van der Waals surface area contributed by atoms with Crippen molar-refractivity contribution in [1.82, 2.24) is 20.3 Å². The summed E-state index contributed by atoms with van der Waals surface area (Å²) in [7, 11) is 0. The van der Waals surface area contributed by atoms with E-state index in [4.69, 9.17) is 0 Å². The number of hydrogen-bond acceptors (Lipinski definition) is 5. The molecule has 0 radical (unpaired) electrons. The van der Waals surface area contributed by atoms with Gasteiger partial charge in [0.1, 0.15) is 0 Å². The maximum Gasteiger partial charge on any atom is 0.251 e. The van der Waals surface area contributed by atoms with Crippen LogP contribution in [0, 0.1) is 20.8 Å². The summed E-state index contributed by atoms with van der Waals surface area (Å²) in [6, 6.07) is 7.59. The van der Waals surface area contributed by atoms with Gasteiger partial charge in [-0.2, -0.15) is 0 Å². The minimum Gasteiger partial charge on any atom is -0.352 e. The number of nitrogens with one attached hydrogen (secondary N) is 1. The molecule has 0 saturated carbocycles. The molecular weight excluding hydrogens is 332 g/mol. The Morgan fingerprint density at radius 1 is 1.16 bits per heavy atom. The molecule has 0 fully saturated rings. The summed E-state index contributed by atoms with van der Waals surface area (Å²) in [6.45, 7) is 6.44. The van der Waals surface area contributed by atoms with Gasteiger partial charge < -0.3 is 5.32 Å². The molecular formula is C19H20N4OS. The molecule has 3 aromatic rings. The van der Waals surface area contributed by atoms with Crippen LogP contribution in [0.5, 0.6) is 0 Å². The summed E-state index contributed by atoms with van der Waals surface area (Å²) < 4.78 is 0. The Bertz CT molecular complexity index is 904. The smallest absolute Gasteiger partial charge is 0.251 e. The molecule has 1 amide bonds. The van der Waals surface area contributed by atoms with Crippen molar-refractivity contribution < 1.29 is 4.79 Å². The fraction of sp³-hybridized carbons (Fsp3) is 0.263. The van der Waals surface area contributed by atoms with E-state index in [9.17, 15) is 4.79 Å². The number of carbonyl (C=O) groups excluding carboxylic acids is 1. The van der Waals surface area contributed by atoms with Crippen LogP contribution < -0.4 is 5.32 Å². The van der Waals surface area contributed by atoms with Gasteiger partial charge in [0.15, 0.2) is 5.82 Å². The van der Waals surface area contributed by atoms with E-state index >= 15 is 0 Å². The van der Waals surface area contributed by atoms with E-state index in [1.807, 2.05) is 50.5 Å². The third-order valence-electron chi connectivity index (χ3n) is 4.02. The van der Waals surface area contributed by atoms with Crippen LogP contribution in [0.25, 0.3) is 11.4 Å². The minimum absolute atomic E-state index is 0.0748. The second kappa shape index (κ2) is 7.53. The second-order valence-electron chi connectivity index (χ2n) is 5.92. The first kappa shape index (κ1) is 17.2. The quantitative estimate of drug-likeness (QED) is 0.763. The number of thiazole rings is 1. The normalized spacial score (nSPS) is 10.7. The maximum absolute atomic E-state index is 12.6. The highest BCUT2D eigenvalue weighted by atomic mass is 32.1. The molecule has 0 saturated heterocycles. The molecule has 0 spiro atoms. The molecule has 0 aliphatic heterocycles. The highest BCUT2D eigenvalue weighted by Gasteiger charge is 2.12. The van der Waals surface area contributed by atoms with Crippen molar-refractivity contribution >= 4 is 17.2 Å². The predicted molar refractivity (Wildman–Crippen MR) is 99.8 cm³/mol. The van der Waals surface area contributed by atoms with Gasteiger partial charge in [0.2, 0.25) is 0 Å². The number of aryl methyl sites for hydroxylation is 3. The van der Waals surface area contributed by atoms with Gasteiger partial charge in [-0.15, -0.1) is 11.3 Å². The van der Waals surface area contributed by atoms with Crippen LogP contribution in [0.3, 0.4) is 0 Å². The molecule has 3 rings (SSSR count). The predicted octanol–water partition coefficient (Wildman–Crippen LogP) is 3.50. The zero-order valence-electron chi connectivity index (χ0n) is 14.5. The van der Waals surface area contributed by atoms with Crippen molar-refractivity contribution in [3.63, 3.8) is 0 Å². The molecule has 5 nitrogen and oxygen atoms in total. The summed E-state index contributed by atoms with van der Waals surface area (Å²) in [5.74, 6) is 0.559. The van der Waals surface area contributed by atoms with Crippen LogP contribution in [-0.2, 0) is 6.42 Å². The lowest BCUT2D eigenvalue weighted by atomic mass is 10.0. The number of amides is 1. The van der Waals surface area contributed by atoms with Crippen molar-refractivity contribution in [3.05, 3.63) is 63.4 Å². The van der Waals surface area contributed by atoms with Gasteiger partial charge in [-0.25, -0.2) is 15.0 Å². The molecule has 6 heteroatoms. The molecule has 2 aromatic heterocycles. The first-order chi connectivity index (χ1) is 12.0. The van der Waals surface area contributed by atoms with Gasteiger partial charge >= 0.3 is 0 Å². The Balaban J connectivity index is 1.73. The number of hydrogen-bond donors (Lipinski definition) is 1. The highest BCUT2D eigenvalue weighted by Crippen LogP contribution is 2.19. The van der Waals surface area contributed by atoms with Gasteiger partial charge in [0.05, 0.1) is 11.2 Å². The standard InChI is InChI=1S/C19H20N4OS/c1-12-4-5-15(18-20-8-6-13(2)23-18)10-16(12)19(24)21-9-7-17-14(3)22-11-25-17/h4-6,8,10-11H,7,9H2,1-3H3,(H,21,24). The summed E-state index contributed by atoms with van der Waals surface area (Å²) >= 11 is 1.62. The van der Waals surface area contributed by atoms with Gasteiger partial charge in [0.25, 0.3) is 5.91 Å². The number of aromatic nitrogens is 3. The molecule has 2 heterocycles. The van der Waals surface area contributed by atoms with Crippen LogP contribution in [0.2, 0.25) is 0 Å². The Morgan fingerprint density at radius 2 is 2.00 bits per heavy atom. The summed E-state index contributed by atoms with van der Waals surface area (Å²) in [5, 5.41) is 2.99. The molecule has 0 atom stereocenters. The number of nitrogens with zero attached hydrogens (tertiary/aromatic N) is 3. The second-order valence-corrected chi connectivity index (χ2v) is 6.86. The Morgan fingerprint density at radius 3 is 2.72 bits per heavy atom. The highest BCUT2D eigenvalue weighted by molar-refractivity contribution is 7.09. The molecule has 0 aliphatic rings. The molecule has 25 heavy (non-hydrogen) atoms. The first-order valence-electron chi connectivity index (χ1n) is 8.12. The largest absolute Gasteiger partial charge is 0.352 e. The van der Waals surface area contributed by atoms with E-state index in [1.165, 1.54) is 4.88 Å². The Hall–Kier alpha value is -2.60. The van der Waals surface area contributed by atoms with E-state index < -0.39 is 0 Å². The third kappa shape index (κ3) is 4.09. The van der Waals surface area contributed by atoms with Gasteiger partial charge in [0, 0.05) is 40.9 Å². The summed E-state index contributed by atoms with van der Waals surface area (Å²) in [6.07, 6.45) is 2.52. The first-order valence-corrected chi connectivity index (χ1v) is 9.00. The number of rotatable bonds is 5. The topological polar surface area (TPSA) is 67.8 Å². The zero-order valence-corrected chi connectivity index (χ0v) is 15.4. The van der Waals surface area contributed by atoms with Crippen molar-refractivity contribution in [2.24, 2.45) is 0 Å². The lowest BCUT2D eigenvalue weighted by molar-refractivity contribution is 0.0953. The zero-order chi connectivity index (χ0) is 17.8. The Kier molecular flexibility index (Phi) is 5.19. The SMILES string of the molecule is Cc1ccnc(-c2ccc(C)c(C(=O)NCCc3scnc3C)c2)n1. The van der Waals surface area contributed by atoms with Crippen LogP contribution >= 0.6 is 11.3 Å². The summed E-state index contributed by atoms with van der Waals surface area (Å²) in [4.78, 5) is 26.7. The number of carbonyl (C=O) groups is 1. The van der Waals surface area contributed by atoms with E-state index in [1.54, 1.807) is 17.5 Å². The third-order valence-corrected chi connectivity index (χ3v) is 5.01. The van der Waals surface area contributed by atoms with Crippen molar-refractivity contribution in [2.45, 2.75) is 27.2 Å². The number of benzene rings is 1. The van der Waals surface area contributed by atoms with E-state index in [0.717, 1.165) is 28.9 Å². The molecule has 1 aromatic carbocycles. The molecule has 0 aliphatic carbocycles. The van der Waals surface area contributed by atoms with Crippen LogP contribution in [0.4, 0.5) is 0 Å². The van der Waals surface area contributed by atoms with Gasteiger partial charge in [-0.1, -0.05) is 12.1 Å². The van der Waals surface area contributed by atoms with Crippen LogP contribution in [-0.4, -0.2) is 27.4 Å². The fourth-order valence-corrected chi connectivity index (χ4v) is 3.33. The lowest BCUT2D eigenvalue weighted by Gasteiger charge is -2.09. The van der Waals surface area contributed by atoms with Crippen molar-refractivity contribution in [2.75, 3.05) is 6.54 Å². The van der Waals surface area contributed by atoms with Crippen LogP contribution in [0.15, 0.2) is 36.0 Å². The average Bonchev–Trinajstić information content (AvgIpc) is 3.00. The molecule has 128 valence electrons. The monoisotopic (exact) mass is 352 g/mol. The van der Waals surface area contributed by atoms with Gasteiger partial charge in [-0.3, -0.25) is 4.79 Å².